The molecule has 0 aliphatic heterocycles. The summed E-state index contributed by atoms with van der Waals surface area (Å²) in [7, 11) is 1.24. The van der Waals surface area contributed by atoms with Crippen molar-refractivity contribution in [2.75, 3.05) is 7.11 Å². The number of halogens is 3. The van der Waals surface area contributed by atoms with E-state index in [0.717, 1.165) is 0 Å². The quantitative estimate of drug-likeness (QED) is 0.165. The van der Waals surface area contributed by atoms with Crippen molar-refractivity contribution >= 4 is 67.3 Å². The highest BCUT2D eigenvalue weighted by molar-refractivity contribution is 9.12. The molecule has 0 bridgehead atoms. The summed E-state index contributed by atoms with van der Waals surface area (Å²) in [5.41, 5.74) is -0.500. The van der Waals surface area contributed by atoms with Crippen LogP contribution >= 0.6 is 43.5 Å². The Morgan fingerprint density at radius 1 is 0.780 bits per heavy atom. The predicted molar refractivity (Wildman–Crippen MR) is 154 cm³/mol. The summed E-state index contributed by atoms with van der Waals surface area (Å²) in [6, 6.07) is 21.6. The molecule has 41 heavy (non-hydrogen) atoms. The standard InChI is InChI=1S/C29H19Br2ClO9/c1-38-29(31)23(30)21(32)20(25(33)34)22(40-27(36)17-12-6-3-7-13-17)24(29)41-28(37)18-14-8-9-15-19(18)39-26(35)16-10-4-2-5-11-16/h2-15,23H,1H3,(H,33,34). The molecule has 0 spiro atoms. The van der Waals surface area contributed by atoms with Crippen LogP contribution in [0.25, 0.3) is 0 Å². The lowest BCUT2D eigenvalue weighted by atomic mass is 9.99. The first-order chi connectivity index (χ1) is 19.6. The number of esters is 3. The predicted octanol–water partition coefficient (Wildman–Crippen LogP) is 6.22. The van der Waals surface area contributed by atoms with Crippen LogP contribution in [0.3, 0.4) is 0 Å². The van der Waals surface area contributed by atoms with E-state index in [9.17, 15) is 24.3 Å². The lowest BCUT2D eigenvalue weighted by Gasteiger charge is -2.37. The minimum absolute atomic E-state index is 0.0864. The highest BCUT2D eigenvalue weighted by atomic mass is 79.9. The molecule has 2 unspecified atom stereocenters. The summed E-state index contributed by atoms with van der Waals surface area (Å²) in [5, 5.41) is 9.70. The number of ether oxygens (including phenoxy) is 4. The monoisotopic (exact) mass is 704 g/mol. The maximum absolute atomic E-state index is 13.5. The van der Waals surface area contributed by atoms with Gasteiger partial charge < -0.3 is 24.1 Å². The van der Waals surface area contributed by atoms with Crippen molar-refractivity contribution < 1.29 is 43.2 Å². The summed E-state index contributed by atoms with van der Waals surface area (Å²) < 4.78 is 20.4. The third-order valence-corrected chi connectivity index (χ3v) is 9.29. The van der Waals surface area contributed by atoms with Gasteiger partial charge in [0.05, 0.1) is 21.0 Å². The van der Waals surface area contributed by atoms with Crippen LogP contribution < -0.4 is 4.74 Å². The smallest absolute Gasteiger partial charge is 0.347 e. The largest absolute Gasteiger partial charge is 0.478 e. The molecular formula is C29H19Br2ClO9. The van der Waals surface area contributed by atoms with E-state index >= 15 is 0 Å². The van der Waals surface area contributed by atoms with Gasteiger partial charge in [-0.15, -0.1) is 0 Å². The molecule has 0 saturated heterocycles. The second-order valence-electron chi connectivity index (χ2n) is 8.29. The van der Waals surface area contributed by atoms with Gasteiger partial charge in [0.1, 0.15) is 16.9 Å². The molecule has 210 valence electrons. The van der Waals surface area contributed by atoms with Crippen molar-refractivity contribution in [1.82, 2.24) is 0 Å². The zero-order chi connectivity index (χ0) is 29.7. The van der Waals surface area contributed by atoms with Crippen LogP contribution in [0.1, 0.15) is 31.1 Å². The van der Waals surface area contributed by atoms with Gasteiger partial charge in [0, 0.05) is 7.11 Å². The molecule has 1 aliphatic carbocycles. The zero-order valence-electron chi connectivity index (χ0n) is 21.0. The fraction of sp³-hybridized carbons (Fsp3) is 0.103. The highest BCUT2D eigenvalue weighted by Crippen LogP contribution is 2.50. The van der Waals surface area contributed by atoms with Crippen LogP contribution in [-0.2, 0) is 19.0 Å². The van der Waals surface area contributed by atoms with Crippen LogP contribution in [0.4, 0.5) is 0 Å². The van der Waals surface area contributed by atoms with Crippen molar-refractivity contribution in [1.29, 1.82) is 0 Å². The number of methoxy groups -OCH3 is 1. The van der Waals surface area contributed by atoms with Crippen molar-refractivity contribution in [3.8, 4) is 5.75 Å². The number of hydrogen-bond donors (Lipinski definition) is 1. The van der Waals surface area contributed by atoms with Crippen molar-refractivity contribution in [3.05, 3.63) is 124 Å². The molecule has 12 heteroatoms. The van der Waals surface area contributed by atoms with Crippen LogP contribution in [0.2, 0.25) is 0 Å². The van der Waals surface area contributed by atoms with Gasteiger partial charge in [-0.05, 0) is 52.3 Å². The number of rotatable bonds is 8. The molecular weight excluding hydrogens is 688 g/mol. The van der Waals surface area contributed by atoms with Gasteiger partial charge in [-0.1, -0.05) is 76.1 Å². The molecule has 0 radical (unpaired) electrons. The zero-order valence-corrected chi connectivity index (χ0v) is 24.9. The van der Waals surface area contributed by atoms with Gasteiger partial charge in [0.25, 0.3) is 0 Å². The van der Waals surface area contributed by atoms with E-state index in [1.807, 2.05) is 0 Å². The molecule has 0 amide bonds. The topological polar surface area (TPSA) is 125 Å². The Bertz CT molecular complexity index is 1570. The summed E-state index contributed by atoms with van der Waals surface area (Å²) in [4.78, 5) is 50.4. The Morgan fingerprint density at radius 2 is 1.29 bits per heavy atom. The SMILES string of the molecule is COC1(Br)C(OC(=O)c2ccccc2OC(=O)c2ccccc2)=C(OC(=O)c2ccccc2)C(C(=O)O)=C(Cl)C1Br. The van der Waals surface area contributed by atoms with Crippen molar-refractivity contribution in [2.45, 2.75) is 9.34 Å². The van der Waals surface area contributed by atoms with Gasteiger partial charge >= 0.3 is 23.9 Å². The number of aliphatic carboxylic acids is 1. The number of para-hydroxylation sites is 1. The first-order valence-corrected chi connectivity index (χ1v) is 13.8. The fourth-order valence-electron chi connectivity index (χ4n) is 3.72. The molecule has 4 rings (SSSR count). The Kier molecular flexibility index (Phi) is 9.44. The second kappa shape index (κ2) is 12.8. The number of alkyl halides is 2. The summed E-state index contributed by atoms with van der Waals surface area (Å²) in [5.74, 6) is -5.64. The Hall–Kier alpha value is -3.77. The van der Waals surface area contributed by atoms with Gasteiger partial charge in [0.2, 0.25) is 4.51 Å². The van der Waals surface area contributed by atoms with Gasteiger partial charge in [-0.25, -0.2) is 19.2 Å². The highest BCUT2D eigenvalue weighted by Gasteiger charge is 2.53. The van der Waals surface area contributed by atoms with Crippen LogP contribution in [0.5, 0.6) is 5.75 Å². The molecule has 2 atom stereocenters. The average Bonchev–Trinajstić information content (AvgIpc) is 2.98. The van der Waals surface area contributed by atoms with Crippen LogP contribution in [-0.4, -0.2) is 45.4 Å². The van der Waals surface area contributed by atoms with Gasteiger partial charge in [-0.2, -0.15) is 0 Å². The van der Waals surface area contributed by atoms with E-state index in [1.165, 1.54) is 37.4 Å². The Morgan fingerprint density at radius 3 is 1.83 bits per heavy atom. The molecule has 3 aromatic rings. The minimum atomic E-state index is -1.82. The fourth-order valence-corrected chi connectivity index (χ4v) is 5.29. The molecule has 3 aromatic carbocycles. The number of carbonyl (C=O) groups is 4. The molecule has 0 fully saturated rings. The van der Waals surface area contributed by atoms with Crippen molar-refractivity contribution in [2.24, 2.45) is 0 Å². The molecule has 0 heterocycles. The van der Waals surface area contributed by atoms with Crippen LogP contribution in [0.15, 0.2) is 107 Å². The van der Waals surface area contributed by atoms with E-state index in [-0.39, 0.29) is 27.5 Å². The average molecular weight is 707 g/mol. The Balaban J connectivity index is 1.79. The van der Waals surface area contributed by atoms with E-state index < -0.39 is 50.3 Å². The summed E-state index contributed by atoms with van der Waals surface area (Å²) >= 11 is 13.0. The maximum atomic E-state index is 13.5. The molecule has 1 N–H and O–H groups in total. The molecule has 0 aromatic heterocycles. The van der Waals surface area contributed by atoms with Gasteiger partial charge in [0.15, 0.2) is 11.5 Å². The Labute approximate surface area is 255 Å². The number of carboxylic acid groups (broad SMARTS) is 1. The van der Waals surface area contributed by atoms with Crippen LogP contribution in [0, 0.1) is 0 Å². The molecule has 9 nitrogen and oxygen atoms in total. The first-order valence-electron chi connectivity index (χ1n) is 11.7. The van der Waals surface area contributed by atoms with E-state index in [0.29, 0.717) is 0 Å². The third kappa shape index (κ3) is 6.28. The third-order valence-electron chi connectivity index (χ3n) is 5.76. The number of hydrogen-bond acceptors (Lipinski definition) is 8. The molecule has 1 aliphatic rings. The van der Waals surface area contributed by atoms with E-state index in [1.54, 1.807) is 54.6 Å². The normalized spacial score (nSPS) is 18.5. The number of carbonyl (C=O) groups excluding carboxylic acids is 3. The van der Waals surface area contributed by atoms with Gasteiger partial charge in [-0.3, -0.25) is 0 Å². The lowest BCUT2D eigenvalue weighted by molar-refractivity contribution is -0.132. The summed E-state index contributed by atoms with van der Waals surface area (Å²) in [6.07, 6.45) is 0. The maximum Gasteiger partial charge on any atom is 0.347 e. The first kappa shape index (κ1) is 30.2. The number of carboxylic acids is 1. The number of benzene rings is 3. The summed E-state index contributed by atoms with van der Waals surface area (Å²) in [6.45, 7) is 0. The second-order valence-corrected chi connectivity index (χ2v) is 10.8. The molecule has 0 saturated carbocycles. The van der Waals surface area contributed by atoms with Crippen molar-refractivity contribution in [3.63, 3.8) is 0 Å². The minimum Gasteiger partial charge on any atom is -0.478 e. The lowest BCUT2D eigenvalue weighted by Crippen LogP contribution is -2.44. The van der Waals surface area contributed by atoms with E-state index in [2.05, 4.69) is 31.9 Å². The van der Waals surface area contributed by atoms with E-state index in [4.69, 9.17) is 30.5 Å².